The largest absolute Gasteiger partial charge is 0.381 e. The number of ether oxygens (including phenoxy) is 1. The number of nitrogens with one attached hydrogen (secondary N) is 2. The van der Waals surface area contributed by atoms with E-state index < -0.39 is 17.8 Å². The number of likely N-dealkylation sites (N-methyl/N-ethyl adjacent to an activating group) is 1. The number of amides is 2. The van der Waals surface area contributed by atoms with Crippen LogP contribution in [0.25, 0.3) is 0 Å². The zero-order valence-electron chi connectivity index (χ0n) is 22.5. The second-order valence-corrected chi connectivity index (χ2v) is 9.85. The van der Waals surface area contributed by atoms with Crippen molar-refractivity contribution in [3.8, 4) is 0 Å². The van der Waals surface area contributed by atoms with Gasteiger partial charge in [0.15, 0.2) is 0 Å². The molecule has 3 unspecified atom stereocenters. The van der Waals surface area contributed by atoms with Crippen LogP contribution in [0, 0.1) is 5.82 Å². The highest BCUT2D eigenvalue weighted by Crippen LogP contribution is 2.23. The van der Waals surface area contributed by atoms with Crippen LogP contribution in [0.15, 0.2) is 36.4 Å². The molecule has 1 saturated heterocycles. The molecule has 0 spiro atoms. The minimum Gasteiger partial charge on any atom is -0.381 e. The number of hydrogen-bond acceptors (Lipinski definition) is 7. The average Bonchev–Trinajstić information content (AvgIpc) is 2.87. The normalized spacial score (nSPS) is 18.7. The number of morpholine rings is 1. The Morgan fingerprint density at radius 3 is 2.58 bits per heavy atom. The first kappa shape index (κ1) is 29.5. The Bertz CT molecular complexity index is 1140. The molecule has 38 heavy (non-hydrogen) atoms. The molecule has 2 amide bonds. The Balaban J connectivity index is 1.68. The average molecular weight is 522 g/mol. The number of hydrogen-bond donors (Lipinski definition) is 2. The molecule has 1 aliphatic rings. The summed E-state index contributed by atoms with van der Waals surface area (Å²) in [5, 5.41) is 5.47. The standard InChI is InChI=1S/C28H36BFN4O4/c1-5-26(36)32-28(37)27(29)33(4)16-23-22(17-35)7-6-8-25(23)31-12-21-10-9-20(11-24(21)30)15-34-13-18(2)38-19(3)14-34/h6-11,17-19,27,31H,5,12-16H2,1-4H3,(H,32,36,37). The molecule has 2 aromatic rings. The molecule has 3 atom stereocenters. The molecule has 2 aromatic carbocycles. The minimum absolute atomic E-state index is 0.144. The smallest absolute Gasteiger partial charge is 0.234 e. The van der Waals surface area contributed by atoms with Crippen LogP contribution in [0.5, 0.6) is 0 Å². The minimum atomic E-state index is -1.10. The number of nitrogens with zero attached hydrogens (tertiary/aromatic N) is 2. The first-order chi connectivity index (χ1) is 18.1. The van der Waals surface area contributed by atoms with Crippen molar-refractivity contribution in [3.63, 3.8) is 0 Å². The van der Waals surface area contributed by atoms with Crippen LogP contribution in [0.2, 0.25) is 0 Å². The number of aldehydes is 1. The van der Waals surface area contributed by atoms with Crippen molar-refractivity contribution < 1.29 is 23.5 Å². The summed E-state index contributed by atoms with van der Waals surface area (Å²) < 4.78 is 20.8. The highest BCUT2D eigenvalue weighted by atomic mass is 19.1. The number of anilines is 1. The third kappa shape index (κ3) is 7.96. The molecule has 0 bridgehead atoms. The van der Waals surface area contributed by atoms with E-state index in [1.54, 1.807) is 44.3 Å². The Morgan fingerprint density at radius 1 is 1.24 bits per heavy atom. The lowest BCUT2D eigenvalue weighted by molar-refractivity contribution is -0.131. The zero-order chi connectivity index (χ0) is 27.8. The topological polar surface area (TPSA) is 91.0 Å². The summed E-state index contributed by atoms with van der Waals surface area (Å²) in [5.74, 6) is -2.45. The Morgan fingerprint density at radius 2 is 1.95 bits per heavy atom. The third-order valence-electron chi connectivity index (χ3n) is 6.56. The highest BCUT2D eigenvalue weighted by Gasteiger charge is 2.23. The van der Waals surface area contributed by atoms with E-state index in [0.717, 1.165) is 24.9 Å². The van der Waals surface area contributed by atoms with E-state index in [1.807, 2.05) is 19.9 Å². The van der Waals surface area contributed by atoms with Crippen LogP contribution >= 0.6 is 0 Å². The fourth-order valence-electron chi connectivity index (χ4n) is 4.60. The molecule has 1 heterocycles. The summed E-state index contributed by atoms with van der Waals surface area (Å²) in [6.07, 6.45) is 1.17. The molecular formula is C28H36BFN4O4. The fraction of sp³-hybridized carbons (Fsp3) is 0.464. The van der Waals surface area contributed by atoms with Crippen LogP contribution in [0.1, 0.15) is 54.2 Å². The van der Waals surface area contributed by atoms with E-state index in [4.69, 9.17) is 12.6 Å². The number of carbonyl (C=O) groups excluding carboxylic acids is 3. The van der Waals surface area contributed by atoms with E-state index in [0.29, 0.717) is 28.9 Å². The summed E-state index contributed by atoms with van der Waals surface area (Å²) >= 11 is 0. The number of halogens is 1. The van der Waals surface area contributed by atoms with Crippen molar-refractivity contribution in [2.45, 2.75) is 65.0 Å². The van der Waals surface area contributed by atoms with Crippen molar-refractivity contribution in [2.75, 3.05) is 25.5 Å². The zero-order valence-corrected chi connectivity index (χ0v) is 22.5. The van der Waals surface area contributed by atoms with Gasteiger partial charge < -0.3 is 10.1 Å². The van der Waals surface area contributed by atoms with E-state index in [9.17, 15) is 14.4 Å². The molecule has 0 aliphatic carbocycles. The summed E-state index contributed by atoms with van der Waals surface area (Å²) in [4.78, 5) is 39.4. The maximum Gasteiger partial charge on any atom is 0.234 e. The SMILES string of the molecule is [B]C(C(=O)NC(=O)CC)N(C)Cc1c(C=O)cccc1NCc1ccc(CN2CC(C)OC(C)C2)cc1F. The predicted octanol–water partition coefficient (Wildman–Crippen LogP) is 2.84. The summed E-state index contributed by atoms with van der Waals surface area (Å²) in [5.41, 5.74) is 3.04. The van der Waals surface area contributed by atoms with Crippen molar-refractivity contribution in [1.82, 2.24) is 15.1 Å². The Hall–Kier alpha value is -3.08. The first-order valence-corrected chi connectivity index (χ1v) is 12.9. The van der Waals surface area contributed by atoms with E-state index >= 15 is 4.39 Å². The van der Waals surface area contributed by atoms with Gasteiger partial charge in [0.05, 0.1) is 12.2 Å². The molecule has 1 fully saturated rings. The van der Waals surface area contributed by atoms with Crippen LogP contribution in [0.3, 0.4) is 0 Å². The number of rotatable bonds is 11. The predicted molar refractivity (Wildman–Crippen MR) is 145 cm³/mol. The number of imide groups is 1. The van der Waals surface area contributed by atoms with Gasteiger partial charge in [-0.1, -0.05) is 31.2 Å². The summed E-state index contributed by atoms with van der Waals surface area (Å²) in [6, 6.07) is 10.4. The molecule has 1 aliphatic heterocycles. The first-order valence-electron chi connectivity index (χ1n) is 12.9. The molecule has 202 valence electrons. The van der Waals surface area contributed by atoms with Crippen molar-refractivity contribution in [1.29, 1.82) is 0 Å². The summed E-state index contributed by atoms with van der Waals surface area (Å²) in [6.45, 7) is 8.34. The maximum atomic E-state index is 15.0. The summed E-state index contributed by atoms with van der Waals surface area (Å²) in [7, 11) is 7.65. The Labute approximate surface area is 225 Å². The fourth-order valence-corrected chi connectivity index (χ4v) is 4.60. The van der Waals surface area contributed by atoms with E-state index in [2.05, 4.69) is 15.5 Å². The molecule has 0 saturated carbocycles. The molecule has 3 rings (SSSR count). The quantitative estimate of drug-likeness (QED) is 0.347. The van der Waals surface area contributed by atoms with Gasteiger partial charge in [0.1, 0.15) is 19.9 Å². The maximum absolute atomic E-state index is 15.0. The van der Waals surface area contributed by atoms with Crippen molar-refractivity contribution in [2.24, 2.45) is 0 Å². The lowest BCUT2D eigenvalue weighted by atomic mass is 9.93. The molecule has 10 heteroatoms. The lowest BCUT2D eigenvalue weighted by Gasteiger charge is -2.35. The van der Waals surface area contributed by atoms with Gasteiger partial charge in [-0.2, -0.15) is 0 Å². The van der Waals surface area contributed by atoms with Gasteiger partial charge in [0.2, 0.25) is 11.8 Å². The van der Waals surface area contributed by atoms with Crippen LogP contribution in [-0.4, -0.2) is 74.0 Å². The van der Waals surface area contributed by atoms with Gasteiger partial charge >= 0.3 is 0 Å². The van der Waals surface area contributed by atoms with Gasteiger partial charge in [0.25, 0.3) is 0 Å². The molecule has 2 radical (unpaired) electrons. The van der Waals surface area contributed by atoms with Crippen molar-refractivity contribution >= 4 is 31.6 Å². The van der Waals surface area contributed by atoms with E-state index in [-0.39, 0.29) is 37.5 Å². The Kier molecular flexibility index (Phi) is 10.6. The van der Waals surface area contributed by atoms with Gasteiger partial charge in [-0.3, -0.25) is 29.5 Å². The molecule has 2 N–H and O–H groups in total. The number of benzene rings is 2. The van der Waals surface area contributed by atoms with Crippen LogP contribution in [-0.2, 0) is 34.0 Å². The highest BCUT2D eigenvalue weighted by molar-refractivity contribution is 6.25. The molecule has 0 aromatic heterocycles. The number of carbonyl (C=O) groups is 3. The van der Waals surface area contributed by atoms with Gasteiger partial charge in [-0.25, -0.2) is 4.39 Å². The van der Waals surface area contributed by atoms with Crippen molar-refractivity contribution in [3.05, 3.63) is 64.5 Å². The second-order valence-electron chi connectivity index (χ2n) is 9.85. The molecular weight excluding hydrogens is 486 g/mol. The monoisotopic (exact) mass is 522 g/mol. The lowest BCUT2D eigenvalue weighted by Crippen LogP contribution is -2.47. The van der Waals surface area contributed by atoms with E-state index in [1.165, 1.54) is 4.90 Å². The van der Waals surface area contributed by atoms with Crippen LogP contribution in [0.4, 0.5) is 10.1 Å². The second kappa shape index (κ2) is 13.6. The third-order valence-corrected chi connectivity index (χ3v) is 6.56. The van der Waals surface area contributed by atoms with Gasteiger partial charge in [-0.05, 0) is 44.2 Å². The van der Waals surface area contributed by atoms with Crippen LogP contribution < -0.4 is 10.6 Å². The van der Waals surface area contributed by atoms with Gasteiger partial charge in [-0.15, -0.1) is 0 Å². The van der Waals surface area contributed by atoms with Gasteiger partial charge in [0, 0.05) is 61.9 Å². The molecule has 8 nitrogen and oxygen atoms in total.